The minimum absolute atomic E-state index is 0.121. The molecule has 8 nitrogen and oxygen atoms in total. The number of aromatic carboxylic acids is 1. The normalized spacial score (nSPS) is 11.3. The number of nitrogens with zero attached hydrogens (tertiary/aromatic N) is 1. The van der Waals surface area contributed by atoms with Crippen LogP contribution < -0.4 is 5.32 Å². The lowest BCUT2D eigenvalue weighted by Gasteiger charge is -2.20. The Morgan fingerprint density at radius 2 is 1.35 bits per heavy atom. The van der Waals surface area contributed by atoms with Gasteiger partial charge in [-0.05, 0) is 36.2 Å². The summed E-state index contributed by atoms with van der Waals surface area (Å²) in [5.74, 6) is -2.26. The quantitative estimate of drug-likeness (QED) is 0.244. The fraction of sp³-hybridized carbons (Fsp3) is 0.100. The van der Waals surface area contributed by atoms with Crippen molar-refractivity contribution in [1.29, 1.82) is 0 Å². The molecule has 0 unspecified atom stereocenters. The number of hydrogen-bond acceptors (Lipinski definition) is 5. The fourth-order valence-electron chi connectivity index (χ4n) is 3.94. The molecule has 4 aromatic rings. The minimum Gasteiger partial charge on any atom is -0.478 e. The summed E-state index contributed by atoms with van der Waals surface area (Å²) in [5.41, 5.74) is 1.43. The van der Waals surface area contributed by atoms with Gasteiger partial charge in [0.15, 0.2) is 5.78 Å². The number of likely N-dealkylation sites (N-methyl/N-ethyl adjacent to an activating group) is 1. The number of amides is 1. The number of benzene rings is 4. The molecule has 0 bridgehead atoms. The number of carboxylic acids is 1. The second kappa shape index (κ2) is 12.3. The van der Waals surface area contributed by atoms with Gasteiger partial charge in [-0.3, -0.25) is 9.59 Å². The van der Waals surface area contributed by atoms with Crippen LogP contribution in [-0.4, -0.2) is 49.1 Å². The highest BCUT2D eigenvalue weighted by Crippen LogP contribution is 2.33. The molecule has 2 N–H and O–H groups in total. The molecule has 0 heterocycles. The zero-order valence-electron chi connectivity index (χ0n) is 21.4. The van der Waals surface area contributed by atoms with Crippen molar-refractivity contribution >= 4 is 45.0 Å². The SMILES string of the molecule is CN(CCc1ccccc1)S(=O)(=O)c1cc(C(=O)O)cc(NC(=O)c2ccc(C(=O)c3ccccc3)cc2)c1Cl. The Labute approximate surface area is 236 Å². The van der Waals surface area contributed by atoms with Crippen molar-refractivity contribution in [2.75, 3.05) is 18.9 Å². The topological polar surface area (TPSA) is 121 Å². The summed E-state index contributed by atoms with van der Waals surface area (Å²) in [7, 11) is -2.84. The third-order valence-corrected chi connectivity index (χ3v) is 8.63. The molecule has 0 fully saturated rings. The Bertz CT molecular complexity index is 1660. The molecule has 0 spiro atoms. The van der Waals surface area contributed by atoms with E-state index in [1.807, 2.05) is 30.3 Å². The predicted molar refractivity (Wildman–Crippen MR) is 153 cm³/mol. The first-order chi connectivity index (χ1) is 19.1. The smallest absolute Gasteiger partial charge is 0.335 e. The molecular weight excluding hydrogens is 552 g/mol. The van der Waals surface area contributed by atoms with E-state index in [9.17, 15) is 27.9 Å². The lowest BCUT2D eigenvalue weighted by molar-refractivity contribution is 0.0696. The molecule has 0 atom stereocenters. The van der Waals surface area contributed by atoms with E-state index in [1.54, 1.807) is 30.3 Å². The van der Waals surface area contributed by atoms with Crippen molar-refractivity contribution in [2.45, 2.75) is 11.3 Å². The first-order valence-corrected chi connectivity index (χ1v) is 14.0. The maximum absolute atomic E-state index is 13.4. The highest BCUT2D eigenvalue weighted by atomic mass is 35.5. The number of rotatable bonds is 10. The van der Waals surface area contributed by atoms with Crippen LogP contribution in [-0.2, 0) is 16.4 Å². The molecule has 0 radical (unpaired) electrons. The highest BCUT2D eigenvalue weighted by molar-refractivity contribution is 7.89. The van der Waals surface area contributed by atoms with Gasteiger partial charge in [-0.1, -0.05) is 84.4 Å². The van der Waals surface area contributed by atoms with E-state index in [0.717, 1.165) is 22.0 Å². The van der Waals surface area contributed by atoms with Gasteiger partial charge in [-0.15, -0.1) is 0 Å². The number of nitrogens with one attached hydrogen (secondary N) is 1. The zero-order valence-corrected chi connectivity index (χ0v) is 22.9. The molecule has 0 aromatic heterocycles. The van der Waals surface area contributed by atoms with Crippen molar-refractivity contribution < 1.29 is 27.9 Å². The number of sulfonamides is 1. The summed E-state index contributed by atoms with van der Waals surface area (Å²) in [5, 5.41) is 11.8. The Balaban J connectivity index is 1.58. The van der Waals surface area contributed by atoms with Gasteiger partial charge >= 0.3 is 5.97 Å². The van der Waals surface area contributed by atoms with Crippen LogP contribution in [0.2, 0.25) is 5.02 Å². The number of carbonyl (C=O) groups is 3. The highest BCUT2D eigenvalue weighted by Gasteiger charge is 2.28. The minimum atomic E-state index is -4.21. The monoisotopic (exact) mass is 576 g/mol. The number of anilines is 1. The van der Waals surface area contributed by atoms with Crippen molar-refractivity contribution in [3.05, 3.63) is 130 Å². The Morgan fingerprint density at radius 3 is 1.95 bits per heavy atom. The molecule has 0 aliphatic heterocycles. The average molecular weight is 577 g/mol. The number of ketones is 1. The van der Waals surface area contributed by atoms with Crippen molar-refractivity contribution in [3.8, 4) is 0 Å². The van der Waals surface area contributed by atoms with Crippen LogP contribution in [0.25, 0.3) is 0 Å². The lowest BCUT2D eigenvalue weighted by Crippen LogP contribution is -2.29. The molecule has 4 rings (SSSR count). The van der Waals surface area contributed by atoms with Gasteiger partial charge < -0.3 is 10.4 Å². The van der Waals surface area contributed by atoms with Crippen LogP contribution in [0.4, 0.5) is 5.69 Å². The second-order valence-electron chi connectivity index (χ2n) is 8.93. The van der Waals surface area contributed by atoms with E-state index in [-0.39, 0.29) is 34.2 Å². The van der Waals surface area contributed by atoms with Crippen LogP contribution in [0, 0.1) is 0 Å². The van der Waals surface area contributed by atoms with Crippen LogP contribution in [0.5, 0.6) is 0 Å². The first-order valence-electron chi connectivity index (χ1n) is 12.2. The van der Waals surface area contributed by atoms with Gasteiger partial charge in [0, 0.05) is 30.3 Å². The number of carbonyl (C=O) groups excluding carboxylic acids is 2. The average Bonchev–Trinajstić information content (AvgIpc) is 2.97. The molecule has 1 amide bonds. The van der Waals surface area contributed by atoms with Gasteiger partial charge in [0.25, 0.3) is 5.91 Å². The molecule has 4 aromatic carbocycles. The van der Waals surface area contributed by atoms with E-state index in [0.29, 0.717) is 17.5 Å². The maximum atomic E-state index is 13.4. The van der Waals surface area contributed by atoms with Crippen molar-refractivity contribution in [1.82, 2.24) is 4.31 Å². The van der Waals surface area contributed by atoms with E-state index in [2.05, 4.69) is 5.32 Å². The van der Waals surface area contributed by atoms with Gasteiger partial charge in [0.05, 0.1) is 16.3 Å². The molecule has 0 aliphatic carbocycles. The van der Waals surface area contributed by atoms with Crippen LogP contribution in [0.1, 0.15) is 42.2 Å². The summed E-state index contributed by atoms with van der Waals surface area (Å²) in [6.07, 6.45) is 0.430. The van der Waals surface area contributed by atoms with Crippen LogP contribution in [0.3, 0.4) is 0 Å². The maximum Gasteiger partial charge on any atom is 0.335 e. The number of hydrogen-bond donors (Lipinski definition) is 2. The fourth-order valence-corrected chi connectivity index (χ4v) is 5.67. The Hall–Kier alpha value is -4.31. The summed E-state index contributed by atoms with van der Waals surface area (Å²) in [4.78, 5) is 37.0. The van der Waals surface area contributed by atoms with E-state index in [1.165, 1.54) is 31.3 Å². The van der Waals surface area contributed by atoms with E-state index in [4.69, 9.17) is 11.6 Å². The van der Waals surface area contributed by atoms with E-state index < -0.39 is 26.8 Å². The predicted octanol–water partition coefficient (Wildman–Crippen LogP) is 5.38. The molecule has 0 saturated carbocycles. The van der Waals surface area contributed by atoms with Crippen LogP contribution >= 0.6 is 11.6 Å². The summed E-state index contributed by atoms with van der Waals surface area (Å²) in [6.45, 7) is 0.121. The Morgan fingerprint density at radius 1 is 0.800 bits per heavy atom. The molecule has 0 aliphatic rings. The van der Waals surface area contributed by atoms with Crippen LogP contribution in [0.15, 0.2) is 102 Å². The van der Waals surface area contributed by atoms with Crippen molar-refractivity contribution in [2.24, 2.45) is 0 Å². The van der Waals surface area contributed by atoms with Gasteiger partial charge in [0.1, 0.15) is 4.90 Å². The third kappa shape index (κ3) is 6.45. The standard InChI is InChI=1S/C30H25ClN2O6S/c1-33(17-16-20-8-4-2-5-9-20)40(38,39)26-19-24(30(36)37)18-25(27(26)31)32-29(35)23-14-12-22(13-15-23)28(34)21-10-6-3-7-11-21/h2-15,18-19H,16-17H2,1H3,(H,32,35)(H,36,37). The van der Waals surface area contributed by atoms with Gasteiger partial charge in [-0.2, -0.15) is 0 Å². The molecule has 0 saturated heterocycles. The second-order valence-corrected chi connectivity index (χ2v) is 11.3. The zero-order chi connectivity index (χ0) is 28.9. The van der Waals surface area contributed by atoms with Gasteiger partial charge in [0.2, 0.25) is 10.0 Å². The largest absolute Gasteiger partial charge is 0.478 e. The lowest BCUT2D eigenvalue weighted by atomic mass is 10.0. The summed E-state index contributed by atoms with van der Waals surface area (Å²) >= 11 is 6.44. The summed E-state index contributed by atoms with van der Waals surface area (Å²) < 4.78 is 27.8. The Kier molecular flexibility index (Phi) is 8.79. The van der Waals surface area contributed by atoms with Gasteiger partial charge in [-0.25, -0.2) is 17.5 Å². The number of halogens is 1. The number of carboxylic acid groups (broad SMARTS) is 1. The summed E-state index contributed by atoms with van der Waals surface area (Å²) in [6, 6.07) is 25.9. The third-order valence-electron chi connectivity index (χ3n) is 6.23. The molecule has 10 heteroatoms. The van der Waals surface area contributed by atoms with Crippen molar-refractivity contribution in [3.63, 3.8) is 0 Å². The van der Waals surface area contributed by atoms with E-state index >= 15 is 0 Å². The molecule has 40 heavy (non-hydrogen) atoms. The molecular formula is C30H25ClN2O6S. The molecule has 204 valence electrons. The first kappa shape index (κ1) is 28.7.